The molecule has 0 radical (unpaired) electrons. The van der Waals surface area contributed by atoms with E-state index < -0.39 is 0 Å². The highest BCUT2D eigenvalue weighted by molar-refractivity contribution is 7.10. The summed E-state index contributed by atoms with van der Waals surface area (Å²) in [4.78, 5) is 29.5. The maximum absolute atomic E-state index is 13.2. The van der Waals surface area contributed by atoms with Gasteiger partial charge >= 0.3 is 0 Å². The van der Waals surface area contributed by atoms with E-state index in [-0.39, 0.29) is 17.7 Å². The summed E-state index contributed by atoms with van der Waals surface area (Å²) in [7, 11) is 0. The van der Waals surface area contributed by atoms with Gasteiger partial charge in [0.2, 0.25) is 5.91 Å². The summed E-state index contributed by atoms with van der Waals surface area (Å²) in [6.07, 6.45) is 1.62. The Balaban J connectivity index is 1.53. The summed E-state index contributed by atoms with van der Waals surface area (Å²) < 4.78 is 0. The van der Waals surface area contributed by atoms with Gasteiger partial charge in [0.1, 0.15) is 0 Å². The molecular formula is C25H26N2O2S. The van der Waals surface area contributed by atoms with E-state index in [1.165, 1.54) is 10.4 Å². The molecule has 3 aromatic rings. The number of carbonyl (C=O) groups is 2. The van der Waals surface area contributed by atoms with Crippen LogP contribution in [0.3, 0.4) is 0 Å². The van der Waals surface area contributed by atoms with Crippen molar-refractivity contribution in [3.05, 3.63) is 87.1 Å². The molecule has 2 amide bonds. The number of thiophene rings is 1. The molecule has 0 saturated heterocycles. The molecule has 5 heteroatoms. The molecule has 0 aliphatic carbocycles. The normalized spacial score (nSPS) is 14.1. The third kappa shape index (κ3) is 4.03. The van der Waals surface area contributed by atoms with Gasteiger partial charge in [0, 0.05) is 29.2 Å². The highest BCUT2D eigenvalue weighted by Gasteiger charge is 2.25. The topological polar surface area (TPSA) is 49.4 Å². The maximum atomic E-state index is 13.2. The Morgan fingerprint density at radius 2 is 1.90 bits per heavy atom. The maximum Gasteiger partial charge on any atom is 0.254 e. The number of amides is 2. The first-order valence-electron chi connectivity index (χ1n) is 10.4. The molecule has 4 rings (SSSR count). The van der Waals surface area contributed by atoms with E-state index in [1.807, 2.05) is 67.3 Å². The third-order valence-electron chi connectivity index (χ3n) is 5.84. The van der Waals surface area contributed by atoms with Crippen molar-refractivity contribution < 1.29 is 9.59 Å². The lowest BCUT2D eigenvalue weighted by atomic mass is 9.95. The van der Waals surface area contributed by atoms with Crippen LogP contribution in [0.2, 0.25) is 0 Å². The summed E-state index contributed by atoms with van der Waals surface area (Å²) >= 11 is 1.76. The molecular weight excluding hydrogens is 392 g/mol. The number of fused-ring (bicyclic) bond motifs is 1. The van der Waals surface area contributed by atoms with Crippen molar-refractivity contribution in [3.8, 4) is 0 Å². The minimum Gasteiger partial charge on any atom is -0.334 e. The van der Waals surface area contributed by atoms with E-state index >= 15 is 0 Å². The molecule has 1 unspecified atom stereocenters. The Morgan fingerprint density at radius 1 is 1.10 bits per heavy atom. The van der Waals surface area contributed by atoms with Crippen molar-refractivity contribution in [2.24, 2.45) is 0 Å². The number of nitrogens with one attached hydrogen (secondary N) is 1. The number of carbonyl (C=O) groups excluding carboxylic acids is 2. The van der Waals surface area contributed by atoms with Gasteiger partial charge in [0.05, 0.1) is 5.92 Å². The zero-order chi connectivity index (χ0) is 21.1. The average molecular weight is 419 g/mol. The summed E-state index contributed by atoms with van der Waals surface area (Å²) in [5.74, 6) is -0.239. The number of rotatable bonds is 5. The third-order valence-corrected chi connectivity index (χ3v) is 6.87. The SMILES string of the molecule is CCC(C(=O)Nc1cccc(C(=O)N2CCc3sccc3C2)c1C)c1ccccc1. The Hall–Kier alpha value is -2.92. The van der Waals surface area contributed by atoms with Crippen LogP contribution < -0.4 is 5.32 Å². The van der Waals surface area contributed by atoms with Crippen LogP contribution in [-0.4, -0.2) is 23.3 Å². The van der Waals surface area contributed by atoms with E-state index in [0.29, 0.717) is 24.2 Å². The van der Waals surface area contributed by atoms with Crippen LogP contribution in [-0.2, 0) is 17.8 Å². The Kier molecular flexibility index (Phi) is 6.00. The smallest absolute Gasteiger partial charge is 0.254 e. The lowest BCUT2D eigenvalue weighted by Crippen LogP contribution is -2.35. The molecule has 0 fully saturated rings. The van der Waals surface area contributed by atoms with Crippen molar-refractivity contribution in [1.29, 1.82) is 0 Å². The summed E-state index contributed by atoms with van der Waals surface area (Å²) in [6.45, 7) is 5.30. The molecule has 1 atom stereocenters. The molecule has 2 aromatic carbocycles. The Bertz CT molecular complexity index is 1060. The van der Waals surface area contributed by atoms with E-state index in [4.69, 9.17) is 0 Å². The highest BCUT2D eigenvalue weighted by atomic mass is 32.1. The van der Waals surface area contributed by atoms with Crippen LogP contribution in [0.5, 0.6) is 0 Å². The largest absolute Gasteiger partial charge is 0.334 e. The van der Waals surface area contributed by atoms with Crippen molar-refractivity contribution in [1.82, 2.24) is 4.90 Å². The highest BCUT2D eigenvalue weighted by Crippen LogP contribution is 2.28. The van der Waals surface area contributed by atoms with Crippen molar-refractivity contribution in [2.75, 3.05) is 11.9 Å². The molecule has 154 valence electrons. The van der Waals surface area contributed by atoms with Crippen LogP contribution in [0.4, 0.5) is 5.69 Å². The first-order chi connectivity index (χ1) is 14.6. The summed E-state index contributed by atoms with van der Waals surface area (Å²) in [5.41, 5.74) is 4.42. The molecule has 4 nitrogen and oxygen atoms in total. The monoisotopic (exact) mass is 418 g/mol. The van der Waals surface area contributed by atoms with E-state index in [2.05, 4.69) is 16.8 Å². The van der Waals surface area contributed by atoms with Gasteiger partial charge in [-0.15, -0.1) is 11.3 Å². The van der Waals surface area contributed by atoms with Gasteiger partial charge in [-0.1, -0.05) is 43.3 Å². The average Bonchev–Trinajstić information content (AvgIpc) is 3.24. The summed E-state index contributed by atoms with van der Waals surface area (Å²) in [6, 6.07) is 17.5. The quantitative estimate of drug-likeness (QED) is 0.604. The molecule has 1 N–H and O–H groups in total. The minimum absolute atomic E-state index is 0.0237. The number of nitrogens with zero attached hydrogens (tertiary/aromatic N) is 1. The second kappa shape index (κ2) is 8.84. The zero-order valence-corrected chi connectivity index (χ0v) is 18.2. The molecule has 0 spiro atoms. The number of hydrogen-bond acceptors (Lipinski definition) is 3. The van der Waals surface area contributed by atoms with Crippen LogP contribution >= 0.6 is 11.3 Å². The molecule has 1 aromatic heterocycles. The van der Waals surface area contributed by atoms with Gasteiger partial charge in [-0.25, -0.2) is 0 Å². The lowest BCUT2D eigenvalue weighted by molar-refractivity contribution is -0.117. The molecule has 1 aliphatic heterocycles. The lowest BCUT2D eigenvalue weighted by Gasteiger charge is -2.28. The Morgan fingerprint density at radius 3 is 2.67 bits per heavy atom. The predicted molar refractivity (Wildman–Crippen MR) is 122 cm³/mol. The van der Waals surface area contributed by atoms with Crippen LogP contribution in [0.15, 0.2) is 60.0 Å². The standard InChI is InChI=1S/C25H26N2O2S/c1-3-20(18-8-5-4-6-9-18)24(28)26-22-11-7-10-21(17(22)2)25(29)27-14-12-23-19(16-27)13-15-30-23/h4-11,13,15,20H,3,12,14,16H2,1-2H3,(H,26,28). The van der Waals surface area contributed by atoms with Gasteiger partial charge < -0.3 is 10.2 Å². The summed E-state index contributed by atoms with van der Waals surface area (Å²) in [5, 5.41) is 5.16. The minimum atomic E-state index is -0.218. The first-order valence-corrected chi connectivity index (χ1v) is 11.3. The van der Waals surface area contributed by atoms with Gasteiger partial charge in [-0.3, -0.25) is 9.59 Å². The van der Waals surface area contributed by atoms with Gasteiger partial charge in [0.15, 0.2) is 0 Å². The fourth-order valence-electron chi connectivity index (χ4n) is 4.07. The number of hydrogen-bond donors (Lipinski definition) is 1. The second-order valence-electron chi connectivity index (χ2n) is 7.68. The van der Waals surface area contributed by atoms with Crippen LogP contribution in [0, 0.1) is 6.92 Å². The first kappa shape index (κ1) is 20.4. The fraction of sp³-hybridized carbons (Fsp3) is 0.280. The van der Waals surface area contributed by atoms with Crippen molar-refractivity contribution in [2.45, 2.75) is 39.2 Å². The number of benzene rings is 2. The predicted octanol–water partition coefficient (Wildman–Crippen LogP) is 5.39. The van der Waals surface area contributed by atoms with Crippen LogP contribution in [0.25, 0.3) is 0 Å². The van der Waals surface area contributed by atoms with Crippen LogP contribution in [0.1, 0.15) is 51.2 Å². The molecule has 1 aliphatic rings. The van der Waals surface area contributed by atoms with E-state index in [0.717, 1.165) is 24.1 Å². The van der Waals surface area contributed by atoms with Crippen molar-refractivity contribution >= 4 is 28.8 Å². The van der Waals surface area contributed by atoms with Gasteiger partial charge in [-0.05, 0) is 60.0 Å². The molecule has 30 heavy (non-hydrogen) atoms. The zero-order valence-electron chi connectivity index (χ0n) is 17.4. The van der Waals surface area contributed by atoms with Gasteiger partial charge in [0.25, 0.3) is 5.91 Å². The van der Waals surface area contributed by atoms with E-state index in [1.54, 1.807) is 11.3 Å². The van der Waals surface area contributed by atoms with Crippen molar-refractivity contribution in [3.63, 3.8) is 0 Å². The fourth-order valence-corrected chi connectivity index (χ4v) is 4.96. The Labute approximate surface area is 181 Å². The van der Waals surface area contributed by atoms with Gasteiger partial charge in [-0.2, -0.15) is 0 Å². The van der Waals surface area contributed by atoms with E-state index in [9.17, 15) is 9.59 Å². The molecule has 0 bridgehead atoms. The second-order valence-corrected chi connectivity index (χ2v) is 8.69. The molecule has 2 heterocycles. The molecule has 0 saturated carbocycles. The number of anilines is 1.